The van der Waals surface area contributed by atoms with Crippen LogP contribution in [0.4, 0.5) is 16.2 Å². The van der Waals surface area contributed by atoms with E-state index >= 15 is 0 Å². The van der Waals surface area contributed by atoms with Gasteiger partial charge in [-0.1, -0.05) is 29.4 Å². The maximum atomic E-state index is 12.6. The normalized spacial score (nSPS) is 11.7. The van der Waals surface area contributed by atoms with E-state index in [2.05, 4.69) is 20.7 Å². The van der Waals surface area contributed by atoms with Gasteiger partial charge in [0.1, 0.15) is 5.60 Å². The molecule has 0 aliphatic rings. The number of rotatable bonds is 6. The smallest absolute Gasteiger partial charge is 0.412 e. The zero-order chi connectivity index (χ0) is 21.4. The fraction of sp³-hybridized carbons (Fsp3) is 0.300. The van der Waals surface area contributed by atoms with Crippen molar-refractivity contribution in [2.24, 2.45) is 5.11 Å². The minimum absolute atomic E-state index is 0.334. The number of aliphatic hydroxyl groups excluding tert-OH is 1. The van der Waals surface area contributed by atoms with Crippen molar-refractivity contribution in [2.75, 3.05) is 17.2 Å². The van der Waals surface area contributed by atoms with Crippen molar-refractivity contribution in [2.45, 2.75) is 32.4 Å². The molecular weight excluding hydrogens is 374 g/mol. The van der Waals surface area contributed by atoms with Crippen LogP contribution in [0, 0.1) is 0 Å². The standard InChI is InChI=1S/C20H23N5O4/c1-20(2,3)29-19(28)23-16-7-5-4-6-15(16)22-18(27)14-10-8-13(9-11-14)17(12-26)24-25-21/h4-11,17,26H,12H2,1-3H3,(H,22,27)(H,23,28). The third-order valence-corrected chi connectivity index (χ3v) is 3.73. The van der Waals surface area contributed by atoms with Crippen molar-refractivity contribution < 1.29 is 19.4 Å². The quantitative estimate of drug-likeness (QED) is 0.372. The molecule has 0 fully saturated rings. The van der Waals surface area contributed by atoms with E-state index in [-0.39, 0.29) is 12.5 Å². The molecule has 1 atom stereocenters. The largest absolute Gasteiger partial charge is 0.444 e. The molecule has 0 aromatic heterocycles. The number of azide groups is 1. The number of anilines is 2. The van der Waals surface area contributed by atoms with Crippen LogP contribution in [-0.4, -0.2) is 29.3 Å². The summed E-state index contributed by atoms with van der Waals surface area (Å²) >= 11 is 0. The Kier molecular flexibility index (Phi) is 7.19. The van der Waals surface area contributed by atoms with Gasteiger partial charge in [-0.05, 0) is 56.1 Å². The Hall–Kier alpha value is -3.55. The number of amides is 2. The van der Waals surface area contributed by atoms with Gasteiger partial charge in [-0.3, -0.25) is 10.1 Å². The van der Waals surface area contributed by atoms with E-state index in [0.29, 0.717) is 22.5 Å². The topological polar surface area (TPSA) is 136 Å². The van der Waals surface area contributed by atoms with Crippen LogP contribution < -0.4 is 10.6 Å². The van der Waals surface area contributed by atoms with Crippen molar-refractivity contribution >= 4 is 23.4 Å². The molecule has 29 heavy (non-hydrogen) atoms. The molecule has 0 heterocycles. The number of aliphatic hydroxyl groups is 1. The second kappa shape index (κ2) is 9.59. The second-order valence-electron chi connectivity index (χ2n) is 7.15. The van der Waals surface area contributed by atoms with Gasteiger partial charge in [-0.2, -0.15) is 0 Å². The van der Waals surface area contributed by atoms with Crippen LogP contribution in [0.1, 0.15) is 42.7 Å². The third kappa shape index (κ3) is 6.53. The molecule has 0 bridgehead atoms. The van der Waals surface area contributed by atoms with Gasteiger partial charge in [0.15, 0.2) is 0 Å². The number of nitrogens with zero attached hydrogens (tertiary/aromatic N) is 3. The number of carbonyl (C=O) groups is 2. The van der Waals surface area contributed by atoms with Gasteiger partial charge in [0.05, 0.1) is 24.0 Å². The van der Waals surface area contributed by atoms with E-state index in [1.165, 1.54) is 0 Å². The summed E-state index contributed by atoms with van der Waals surface area (Å²) in [6.07, 6.45) is -0.628. The van der Waals surface area contributed by atoms with Crippen LogP contribution in [0.25, 0.3) is 10.4 Å². The summed E-state index contributed by atoms with van der Waals surface area (Å²) < 4.78 is 5.23. The molecule has 0 aliphatic carbocycles. The molecule has 152 valence electrons. The fourth-order valence-electron chi connectivity index (χ4n) is 2.44. The first-order valence-corrected chi connectivity index (χ1v) is 8.89. The molecule has 0 saturated carbocycles. The zero-order valence-corrected chi connectivity index (χ0v) is 16.4. The SMILES string of the molecule is CC(C)(C)OC(=O)Nc1ccccc1NC(=O)c1ccc(C(CO)N=[N+]=[N-])cc1. The van der Waals surface area contributed by atoms with Gasteiger partial charge in [0.25, 0.3) is 5.91 Å². The molecule has 2 amide bonds. The summed E-state index contributed by atoms with van der Waals surface area (Å²) in [6, 6.07) is 12.4. The third-order valence-electron chi connectivity index (χ3n) is 3.73. The Labute approximate surface area is 168 Å². The van der Waals surface area contributed by atoms with Gasteiger partial charge < -0.3 is 15.2 Å². The molecule has 2 aromatic carbocycles. The Morgan fingerprint density at radius 1 is 1.10 bits per heavy atom. The summed E-state index contributed by atoms with van der Waals surface area (Å²) in [4.78, 5) is 27.3. The first-order valence-electron chi connectivity index (χ1n) is 8.89. The van der Waals surface area contributed by atoms with Crippen LogP contribution in [-0.2, 0) is 4.74 Å². The number of nitrogens with one attached hydrogen (secondary N) is 2. The van der Waals surface area contributed by atoms with Crippen molar-refractivity contribution in [1.82, 2.24) is 0 Å². The highest BCUT2D eigenvalue weighted by atomic mass is 16.6. The highest BCUT2D eigenvalue weighted by molar-refractivity contribution is 6.06. The zero-order valence-electron chi connectivity index (χ0n) is 16.4. The molecule has 9 heteroatoms. The van der Waals surface area contributed by atoms with E-state index in [1.54, 1.807) is 69.3 Å². The van der Waals surface area contributed by atoms with Crippen LogP contribution in [0.2, 0.25) is 0 Å². The minimum atomic E-state index is -0.712. The van der Waals surface area contributed by atoms with Crippen LogP contribution in [0.15, 0.2) is 53.6 Å². The number of carbonyl (C=O) groups excluding carboxylic acids is 2. The lowest BCUT2D eigenvalue weighted by Gasteiger charge is -2.20. The van der Waals surface area contributed by atoms with Crippen LogP contribution >= 0.6 is 0 Å². The van der Waals surface area contributed by atoms with Gasteiger partial charge in [-0.25, -0.2) is 4.79 Å². The Bertz CT molecular complexity index is 915. The highest BCUT2D eigenvalue weighted by Gasteiger charge is 2.18. The lowest BCUT2D eigenvalue weighted by atomic mass is 10.1. The van der Waals surface area contributed by atoms with Crippen molar-refractivity contribution in [3.05, 3.63) is 70.1 Å². The van der Waals surface area contributed by atoms with Crippen LogP contribution in [0.3, 0.4) is 0 Å². The van der Waals surface area contributed by atoms with Crippen molar-refractivity contribution in [1.29, 1.82) is 0 Å². The summed E-state index contributed by atoms with van der Waals surface area (Å²) in [7, 11) is 0. The van der Waals surface area contributed by atoms with Gasteiger partial charge in [-0.15, -0.1) is 0 Å². The molecule has 2 rings (SSSR count). The van der Waals surface area contributed by atoms with E-state index in [1.807, 2.05) is 0 Å². The number of hydrogen-bond donors (Lipinski definition) is 3. The average molecular weight is 397 g/mol. The summed E-state index contributed by atoms with van der Waals surface area (Å²) in [5.74, 6) is -0.390. The molecule has 0 saturated heterocycles. The molecule has 0 spiro atoms. The molecule has 0 aliphatic heterocycles. The Morgan fingerprint density at radius 3 is 2.21 bits per heavy atom. The first-order chi connectivity index (χ1) is 13.7. The van der Waals surface area contributed by atoms with Gasteiger partial charge >= 0.3 is 6.09 Å². The van der Waals surface area contributed by atoms with E-state index in [0.717, 1.165) is 0 Å². The molecule has 3 N–H and O–H groups in total. The predicted molar refractivity (Wildman–Crippen MR) is 110 cm³/mol. The Balaban J connectivity index is 2.13. The first kappa shape index (κ1) is 21.7. The highest BCUT2D eigenvalue weighted by Crippen LogP contribution is 2.23. The maximum Gasteiger partial charge on any atom is 0.412 e. The van der Waals surface area contributed by atoms with Gasteiger partial charge in [0, 0.05) is 10.5 Å². The number of para-hydroxylation sites is 2. The maximum absolute atomic E-state index is 12.6. The average Bonchev–Trinajstić information content (AvgIpc) is 2.66. The van der Waals surface area contributed by atoms with Crippen LogP contribution in [0.5, 0.6) is 0 Å². The molecule has 2 aromatic rings. The summed E-state index contributed by atoms with van der Waals surface area (Å²) in [6.45, 7) is 4.94. The molecule has 0 radical (unpaired) electrons. The molecular formula is C20H23N5O4. The second-order valence-corrected chi connectivity index (χ2v) is 7.15. The number of benzene rings is 2. The monoisotopic (exact) mass is 397 g/mol. The van der Waals surface area contributed by atoms with E-state index < -0.39 is 17.7 Å². The summed E-state index contributed by atoms with van der Waals surface area (Å²) in [5, 5.41) is 18.1. The van der Waals surface area contributed by atoms with Crippen molar-refractivity contribution in [3.8, 4) is 0 Å². The summed E-state index contributed by atoms with van der Waals surface area (Å²) in [5.41, 5.74) is 9.65. The van der Waals surface area contributed by atoms with Crippen molar-refractivity contribution in [3.63, 3.8) is 0 Å². The van der Waals surface area contributed by atoms with E-state index in [9.17, 15) is 14.7 Å². The van der Waals surface area contributed by atoms with E-state index in [4.69, 9.17) is 10.3 Å². The minimum Gasteiger partial charge on any atom is -0.444 e. The molecule has 1 unspecified atom stereocenters. The lowest BCUT2D eigenvalue weighted by Crippen LogP contribution is -2.27. The Morgan fingerprint density at radius 2 is 1.69 bits per heavy atom. The number of hydrogen-bond acceptors (Lipinski definition) is 5. The predicted octanol–water partition coefficient (Wildman–Crippen LogP) is 4.63. The lowest BCUT2D eigenvalue weighted by molar-refractivity contribution is 0.0635. The van der Waals surface area contributed by atoms with Gasteiger partial charge in [0.2, 0.25) is 0 Å². The molecule has 9 nitrogen and oxygen atoms in total. The number of ether oxygens (including phenoxy) is 1. The fourth-order valence-corrected chi connectivity index (χ4v) is 2.44.